The normalized spacial score (nSPS) is 21.8. The van der Waals surface area contributed by atoms with Crippen molar-refractivity contribution in [2.45, 2.75) is 46.0 Å². The van der Waals surface area contributed by atoms with Gasteiger partial charge in [0.15, 0.2) is 5.78 Å². The third-order valence-corrected chi connectivity index (χ3v) is 5.77. The molecule has 1 unspecified atom stereocenters. The molecule has 25 heavy (non-hydrogen) atoms. The van der Waals surface area contributed by atoms with E-state index < -0.39 is 0 Å². The lowest BCUT2D eigenvalue weighted by molar-refractivity contribution is -0.124. The summed E-state index contributed by atoms with van der Waals surface area (Å²) < 4.78 is 5.63. The number of aryl methyl sites for hydroxylation is 1. The highest BCUT2D eigenvalue weighted by atomic mass is 16.5. The molecule has 1 aromatic heterocycles. The van der Waals surface area contributed by atoms with Crippen molar-refractivity contribution in [3.63, 3.8) is 0 Å². The van der Waals surface area contributed by atoms with Crippen LogP contribution in [0, 0.1) is 12.3 Å². The van der Waals surface area contributed by atoms with E-state index >= 15 is 0 Å². The topological polar surface area (TPSA) is 55.0 Å². The number of aromatic amines is 1. The van der Waals surface area contributed by atoms with Crippen LogP contribution in [0.2, 0.25) is 0 Å². The van der Waals surface area contributed by atoms with Gasteiger partial charge in [-0.05, 0) is 25.8 Å². The van der Waals surface area contributed by atoms with Gasteiger partial charge in [-0.1, -0.05) is 37.6 Å². The minimum atomic E-state index is -0.311. The maximum atomic E-state index is 13.4. The number of H-pyrrole nitrogens is 1. The maximum absolute atomic E-state index is 13.4. The molecule has 0 saturated carbocycles. The second-order valence-electron chi connectivity index (χ2n) is 7.79. The van der Waals surface area contributed by atoms with Crippen LogP contribution in [0.15, 0.2) is 35.4 Å². The van der Waals surface area contributed by atoms with E-state index in [2.05, 4.69) is 30.1 Å². The predicted molar refractivity (Wildman–Crippen MR) is 96.9 cm³/mol. The summed E-state index contributed by atoms with van der Waals surface area (Å²) in [5.41, 5.74) is 6.21. The molecule has 0 amide bonds. The van der Waals surface area contributed by atoms with E-state index in [0.717, 1.165) is 53.1 Å². The van der Waals surface area contributed by atoms with Gasteiger partial charge in [-0.2, -0.15) is 5.10 Å². The summed E-state index contributed by atoms with van der Waals surface area (Å²) in [5, 5.41) is 7.66. The van der Waals surface area contributed by atoms with Crippen LogP contribution in [0.1, 0.15) is 55.1 Å². The highest BCUT2D eigenvalue weighted by Gasteiger charge is 2.44. The summed E-state index contributed by atoms with van der Waals surface area (Å²) in [6.45, 7) is 6.17. The second-order valence-corrected chi connectivity index (χ2v) is 7.79. The number of ketones is 1. The van der Waals surface area contributed by atoms with Gasteiger partial charge in [-0.3, -0.25) is 9.89 Å². The number of methoxy groups -OCH3 is 1. The summed E-state index contributed by atoms with van der Waals surface area (Å²) in [5.74, 6) is 1.00. The van der Waals surface area contributed by atoms with Crippen LogP contribution in [0.25, 0.3) is 0 Å². The van der Waals surface area contributed by atoms with Crippen LogP contribution in [0.3, 0.4) is 0 Å². The summed E-state index contributed by atoms with van der Waals surface area (Å²) in [7, 11) is 1.69. The molecule has 0 radical (unpaired) electrons. The molecule has 4 heteroatoms. The molecule has 1 atom stereocenters. The zero-order valence-electron chi connectivity index (χ0n) is 15.3. The number of rotatable bonds is 2. The maximum Gasteiger partial charge on any atom is 0.165 e. The van der Waals surface area contributed by atoms with Crippen LogP contribution in [0.4, 0.5) is 0 Å². The van der Waals surface area contributed by atoms with E-state index in [0.29, 0.717) is 0 Å². The highest BCUT2D eigenvalue weighted by Crippen LogP contribution is 2.50. The molecule has 0 fully saturated rings. The van der Waals surface area contributed by atoms with Gasteiger partial charge in [0.1, 0.15) is 5.75 Å². The average molecular weight is 336 g/mol. The summed E-state index contributed by atoms with van der Waals surface area (Å²) in [6.07, 6.45) is 2.65. The lowest BCUT2D eigenvalue weighted by Crippen LogP contribution is -2.35. The third kappa shape index (κ3) is 2.35. The van der Waals surface area contributed by atoms with Crippen molar-refractivity contribution in [1.82, 2.24) is 10.2 Å². The zero-order valence-corrected chi connectivity index (χ0v) is 15.3. The fourth-order valence-electron chi connectivity index (χ4n) is 4.32. The van der Waals surface area contributed by atoms with Gasteiger partial charge in [-0.15, -0.1) is 0 Å². The Morgan fingerprint density at radius 3 is 2.80 bits per heavy atom. The van der Waals surface area contributed by atoms with E-state index in [4.69, 9.17) is 4.74 Å². The Labute approximate surface area is 148 Å². The Hall–Kier alpha value is -2.36. The van der Waals surface area contributed by atoms with Crippen molar-refractivity contribution < 1.29 is 9.53 Å². The molecular formula is C21H24N2O2. The number of benzene rings is 1. The molecule has 0 bridgehead atoms. The molecule has 0 aliphatic heterocycles. The first kappa shape index (κ1) is 16.1. The molecule has 1 aromatic carbocycles. The van der Waals surface area contributed by atoms with Gasteiger partial charge in [0.2, 0.25) is 0 Å². The first-order chi connectivity index (χ1) is 11.9. The summed E-state index contributed by atoms with van der Waals surface area (Å²) >= 11 is 0. The molecule has 2 aliphatic rings. The van der Waals surface area contributed by atoms with E-state index in [9.17, 15) is 4.79 Å². The number of para-hydroxylation sites is 1. The van der Waals surface area contributed by atoms with Crippen LogP contribution in [-0.2, 0) is 11.2 Å². The Morgan fingerprint density at radius 2 is 2.04 bits per heavy atom. The smallest absolute Gasteiger partial charge is 0.165 e. The van der Waals surface area contributed by atoms with Gasteiger partial charge in [0.05, 0.1) is 12.8 Å². The first-order valence-corrected chi connectivity index (χ1v) is 8.87. The van der Waals surface area contributed by atoms with Crippen molar-refractivity contribution in [2.75, 3.05) is 7.11 Å². The molecule has 130 valence electrons. The number of carbonyl (C=O) groups excluding carboxylic acids is 1. The lowest BCUT2D eigenvalue weighted by atomic mass is 9.64. The number of ether oxygens (including phenoxy) is 1. The number of hydrogen-bond donors (Lipinski definition) is 1. The molecule has 4 nitrogen and oxygen atoms in total. The minimum Gasteiger partial charge on any atom is -0.496 e. The number of fused-ring (bicyclic) bond motifs is 1. The Bertz CT molecular complexity index is 889. The minimum absolute atomic E-state index is 0.0966. The fraction of sp³-hybridized carbons (Fsp3) is 0.429. The van der Waals surface area contributed by atoms with Crippen molar-refractivity contribution >= 4 is 5.78 Å². The number of carbonyl (C=O) groups is 1. The third-order valence-electron chi connectivity index (χ3n) is 5.77. The van der Waals surface area contributed by atoms with Gasteiger partial charge >= 0.3 is 0 Å². The molecule has 0 spiro atoms. The number of Topliss-reactive ketones (excluding diaryl/α,β-unsaturated/α-hetero) is 1. The molecule has 4 rings (SSSR count). The van der Waals surface area contributed by atoms with Gasteiger partial charge in [0.25, 0.3) is 0 Å². The average Bonchev–Trinajstić information content (AvgIpc) is 2.98. The number of hydrogen-bond acceptors (Lipinski definition) is 3. The number of nitrogens with one attached hydrogen (secondary N) is 1. The van der Waals surface area contributed by atoms with E-state index in [1.807, 2.05) is 25.1 Å². The number of nitrogens with zero attached hydrogens (tertiary/aromatic N) is 1. The van der Waals surface area contributed by atoms with Crippen LogP contribution >= 0.6 is 0 Å². The number of allylic oxidation sites excluding steroid dienone is 2. The largest absolute Gasteiger partial charge is 0.496 e. The van der Waals surface area contributed by atoms with Gasteiger partial charge in [-0.25, -0.2) is 0 Å². The summed E-state index contributed by atoms with van der Waals surface area (Å²) in [4.78, 5) is 13.4. The second kappa shape index (κ2) is 5.58. The Morgan fingerprint density at radius 1 is 1.28 bits per heavy atom. The monoisotopic (exact) mass is 336 g/mol. The lowest BCUT2D eigenvalue weighted by Gasteiger charge is -2.38. The molecule has 2 aromatic rings. The molecule has 1 heterocycles. The van der Waals surface area contributed by atoms with Crippen molar-refractivity contribution in [2.24, 2.45) is 5.41 Å². The van der Waals surface area contributed by atoms with E-state index in [-0.39, 0.29) is 17.1 Å². The van der Waals surface area contributed by atoms with Crippen LogP contribution < -0.4 is 4.74 Å². The van der Waals surface area contributed by atoms with E-state index in [1.54, 1.807) is 7.11 Å². The van der Waals surface area contributed by atoms with Crippen molar-refractivity contribution in [3.05, 3.63) is 57.9 Å². The quantitative estimate of drug-likeness (QED) is 0.898. The van der Waals surface area contributed by atoms with Crippen LogP contribution in [0.5, 0.6) is 5.75 Å². The molecule has 2 aliphatic carbocycles. The van der Waals surface area contributed by atoms with Crippen molar-refractivity contribution in [1.29, 1.82) is 0 Å². The van der Waals surface area contributed by atoms with Gasteiger partial charge < -0.3 is 4.74 Å². The fourth-order valence-corrected chi connectivity index (χ4v) is 4.32. The van der Waals surface area contributed by atoms with Crippen LogP contribution in [-0.4, -0.2) is 23.1 Å². The molecule has 0 saturated heterocycles. The first-order valence-electron chi connectivity index (χ1n) is 8.87. The summed E-state index contributed by atoms with van der Waals surface area (Å²) in [6, 6.07) is 8.03. The highest BCUT2D eigenvalue weighted by molar-refractivity contribution is 6.03. The molecular weight excluding hydrogens is 312 g/mol. The van der Waals surface area contributed by atoms with Crippen molar-refractivity contribution in [3.8, 4) is 5.75 Å². The van der Waals surface area contributed by atoms with E-state index in [1.165, 1.54) is 5.57 Å². The molecule has 1 N–H and O–H groups in total. The SMILES string of the molecule is COc1ccccc1C1C2=C(CCC(C)(C)C2=O)Cc2n[nH]c(C)c21. The Balaban J connectivity index is 1.99. The standard InChI is InChI=1S/C21H24N2O2/c1-12-17-15(23-22-12)11-13-9-10-21(2,3)20(24)18(13)19(17)14-7-5-6-8-16(14)25-4/h5-8,19H,9-11H2,1-4H3,(H,22,23). The zero-order chi connectivity index (χ0) is 17.8. The van der Waals surface area contributed by atoms with Gasteiger partial charge in [0, 0.05) is 40.1 Å². The predicted octanol–water partition coefficient (Wildman–Crippen LogP) is 4.10. The Kier molecular flexibility index (Phi) is 3.60. The number of aromatic nitrogens is 2.